The Bertz CT molecular complexity index is 1780. The van der Waals surface area contributed by atoms with Crippen molar-refractivity contribution in [3.8, 4) is 35.2 Å². The van der Waals surface area contributed by atoms with Gasteiger partial charge in [0.15, 0.2) is 0 Å². The average molecular weight is 607 g/mol. The zero-order valence-corrected chi connectivity index (χ0v) is 25.4. The molecule has 0 bridgehead atoms. The third-order valence-corrected chi connectivity index (χ3v) is 6.89. The molecular formula is C40H30O6. The fourth-order valence-corrected chi connectivity index (χ4v) is 4.37. The maximum Gasteiger partial charge on any atom is 0.339 e. The number of methoxy groups -OCH3 is 2. The van der Waals surface area contributed by atoms with E-state index >= 15 is 0 Å². The van der Waals surface area contributed by atoms with E-state index in [1.807, 2.05) is 84.9 Å². The maximum absolute atomic E-state index is 13.5. The summed E-state index contributed by atoms with van der Waals surface area (Å²) in [6, 6.07) is 36.3. The van der Waals surface area contributed by atoms with Crippen LogP contribution in [0.2, 0.25) is 0 Å². The van der Waals surface area contributed by atoms with Crippen molar-refractivity contribution in [3.05, 3.63) is 166 Å². The molecule has 0 spiro atoms. The first kappa shape index (κ1) is 31.2. The van der Waals surface area contributed by atoms with E-state index in [-0.39, 0.29) is 24.3 Å². The Labute approximate surface area is 268 Å². The molecule has 6 nitrogen and oxygen atoms in total. The minimum absolute atomic E-state index is 0.0682. The summed E-state index contributed by atoms with van der Waals surface area (Å²) in [5, 5.41) is 0. The molecule has 5 rings (SSSR count). The van der Waals surface area contributed by atoms with Crippen LogP contribution >= 0.6 is 0 Å². The minimum atomic E-state index is -0.598. The van der Waals surface area contributed by atoms with Crippen LogP contribution in [0.25, 0.3) is 0 Å². The lowest BCUT2D eigenvalue weighted by molar-refractivity contribution is 0.0458. The van der Waals surface area contributed by atoms with Gasteiger partial charge in [-0.05, 0) is 71.8 Å². The van der Waals surface area contributed by atoms with Crippen LogP contribution in [0.15, 0.2) is 121 Å². The summed E-state index contributed by atoms with van der Waals surface area (Å²) in [4.78, 5) is 27.1. The topological polar surface area (TPSA) is 71.1 Å². The Morgan fingerprint density at radius 1 is 0.500 bits per heavy atom. The highest BCUT2D eigenvalue weighted by Gasteiger charge is 2.20. The van der Waals surface area contributed by atoms with Crippen molar-refractivity contribution in [2.45, 2.75) is 13.2 Å². The first-order valence-electron chi connectivity index (χ1n) is 14.4. The first-order chi connectivity index (χ1) is 22.5. The van der Waals surface area contributed by atoms with Crippen LogP contribution in [-0.2, 0) is 22.7 Å². The number of hydrogen-bond donors (Lipinski definition) is 0. The number of benzene rings is 5. The third kappa shape index (κ3) is 8.44. The molecule has 0 aliphatic rings. The van der Waals surface area contributed by atoms with E-state index in [1.54, 1.807) is 50.6 Å². The number of carbonyl (C=O) groups excluding carboxylic acids is 2. The highest BCUT2D eigenvalue weighted by atomic mass is 16.5. The van der Waals surface area contributed by atoms with Gasteiger partial charge in [-0.1, -0.05) is 84.3 Å². The maximum atomic E-state index is 13.5. The molecule has 0 heterocycles. The summed E-state index contributed by atoms with van der Waals surface area (Å²) in [7, 11) is 3.18. The molecular weight excluding hydrogens is 576 g/mol. The summed E-state index contributed by atoms with van der Waals surface area (Å²) in [6.07, 6.45) is 0. The summed E-state index contributed by atoms with van der Waals surface area (Å²) in [6.45, 7) is 0.136. The van der Waals surface area contributed by atoms with Gasteiger partial charge in [-0.2, -0.15) is 0 Å². The number of rotatable bonds is 8. The van der Waals surface area contributed by atoms with Crippen LogP contribution in [0.4, 0.5) is 0 Å². The molecule has 0 amide bonds. The molecule has 0 aliphatic heterocycles. The average Bonchev–Trinajstić information content (AvgIpc) is 3.12. The molecule has 0 N–H and O–H groups in total. The first-order valence-corrected chi connectivity index (χ1v) is 14.4. The zero-order chi connectivity index (χ0) is 32.1. The van der Waals surface area contributed by atoms with Crippen LogP contribution in [0, 0.1) is 23.7 Å². The quantitative estimate of drug-likeness (QED) is 0.137. The summed E-state index contributed by atoms with van der Waals surface area (Å²) < 4.78 is 21.9. The van der Waals surface area contributed by atoms with Crippen LogP contribution in [0.5, 0.6) is 11.5 Å². The van der Waals surface area contributed by atoms with Gasteiger partial charge in [-0.15, -0.1) is 0 Å². The van der Waals surface area contributed by atoms with Crippen LogP contribution in [-0.4, -0.2) is 26.2 Å². The van der Waals surface area contributed by atoms with E-state index in [1.165, 1.54) is 0 Å². The van der Waals surface area contributed by atoms with E-state index in [2.05, 4.69) is 23.7 Å². The zero-order valence-electron chi connectivity index (χ0n) is 25.4. The van der Waals surface area contributed by atoms with E-state index in [0.717, 1.165) is 11.1 Å². The molecule has 5 aromatic rings. The second-order valence-electron chi connectivity index (χ2n) is 10.0. The van der Waals surface area contributed by atoms with Crippen molar-refractivity contribution in [3.63, 3.8) is 0 Å². The summed E-state index contributed by atoms with van der Waals surface area (Å²) in [5.41, 5.74) is 4.02. The Morgan fingerprint density at radius 2 is 0.870 bits per heavy atom. The third-order valence-electron chi connectivity index (χ3n) is 6.89. The Balaban J connectivity index is 1.57. The van der Waals surface area contributed by atoms with Gasteiger partial charge in [0.05, 0.1) is 25.3 Å². The molecule has 5 aromatic carbocycles. The van der Waals surface area contributed by atoms with Gasteiger partial charge in [-0.3, -0.25) is 0 Å². The van der Waals surface area contributed by atoms with Crippen molar-refractivity contribution in [2.75, 3.05) is 14.2 Å². The monoisotopic (exact) mass is 606 g/mol. The van der Waals surface area contributed by atoms with Crippen LogP contribution in [0.1, 0.15) is 54.1 Å². The SMILES string of the molecule is COc1ccc(C#Cc2cc(C(=O)OCc3ccccc3)c(C#Cc3ccc(OC)cc3)cc2C(=O)OCc2ccccc2)cc1. The molecule has 6 heteroatoms. The van der Waals surface area contributed by atoms with Gasteiger partial charge < -0.3 is 18.9 Å². The number of carbonyl (C=O) groups is 2. The predicted molar refractivity (Wildman–Crippen MR) is 176 cm³/mol. The highest BCUT2D eigenvalue weighted by molar-refractivity contribution is 5.98. The number of ether oxygens (including phenoxy) is 4. The molecule has 0 radical (unpaired) electrons. The van der Waals surface area contributed by atoms with E-state index in [4.69, 9.17) is 18.9 Å². The van der Waals surface area contributed by atoms with E-state index < -0.39 is 11.9 Å². The molecule has 0 saturated heterocycles. The minimum Gasteiger partial charge on any atom is -0.497 e. The van der Waals surface area contributed by atoms with Gasteiger partial charge in [0.1, 0.15) is 24.7 Å². The van der Waals surface area contributed by atoms with Crippen molar-refractivity contribution in [1.82, 2.24) is 0 Å². The number of hydrogen-bond acceptors (Lipinski definition) is 6. The normalized spacial score (nSPS) is 9.96. The fourth-order valence-electron chi connectivity index (χ4n) is 4.37. The lowest BCUT2D eigenvalue weighted by atomic mass is 9.97. The molecule has 226 valence electrons. The van der Waals surface area contributed by atoms with Gasteiger partial charge in [-0.25, -0.2) is 9.59 Å². The molecule has 0 atom stereocenters. The van der Waals surface area contributed by atoms with Gasteiger partial charge >= 0.3 is 11.9 Å². The highest BCUT2D eigenvalue weighted by Crippen LogP contribution is 2.21. The van der Waals surface area contributed by atoms with Crippen molar-refractivity contribution >= 4 is 11.9 Å². The summed E-state index contributed by atoms with van der Waals surface area (Å²) in [5.74, 6) is 12.5. The summed E-state index contributed by atoms with van der Waals surface area (Å²) >= 11 is 0. The second-order valence-corrected chi connectivity index (χ2v) is 10.0. The van der Waals surface area contributed by atoms with Gasteiger partial charge in [0.25, 0.3) is 0 Å². The predicted octanol–water partition coefficient (Wildman–Crippen LogP) is 7.22. The number of esters is 2. The Hall–Kier alpha value is -6.24. The van der Waals surface area contributed by atoms with Gasteiger partial charge in [0.2, 0.25) is 0 Å². The van der Waals surface area contributed by atoms with Gasteiger partial charge in [0, 0.05) is 22.3 Å². The van der Waals surface area contributed by atoms with E-state index in [0.29, 0.717) is 33.8 Å². The Kier molecular flexibility index (Phi) is 10.5. The molecule has 0 fully saturated rings. The molecule has 0 unspecified atom stereocenters. The van der Waals surface area contributed by atoms with Crippen LogP contribution < -0.4 is 9.47 Å². The lowest BCUT2D eigenvalue weighted by Crippen LogP contribution is -2.13. The largest absolute Gasteiger partial charge is 0.497 e. The molecule has 0 aromatic heterocycles. The molecule has 0 saturated carbocycles. The molecule has 46 heavy (non-hydrogen) atoms. The van der Waals surface area contributed by atoms with E-state index in [9.17, 15) is 9.59 Å². The Morgan fingerprint density at radius 3 is 1.22 bits per heavy atom. The van der Waals surface area contributed by atoms with Crippen LogP contribution in [0.3, 0.4) is 0 Å². The van der Waals surface area contributed by atoms with Crippen molar-refractivity contribution in [1.29, 1.82) is 0 Å². The lowest BCUT2D eigenvalue weighted by Gasteiger charge is -2.12. The van der Waals surface area contributed by atoms with Crippen molar-refractivity contribution < 1.29 is 28.5 Å². The van der Waals surface area contributed by atoms with Crippen molar-refractivity contribution in [2.24, 2.45) is 0 Å². The molecule has 0 aliphatic carbocycles. The standard InChI is InChI=1S/C40H30O6/c1-43-35-21-15-29(16-22-35)13-19-33-25-38(40(42)46-28-32-11-7-4-8-12-32)34(20-14-30-17-23-36(44-2)24-18-30)26-37(33)39(41)45-27-31-9-5-3-6-10-31/h3-12,15-18,21-26H,27-28H2,1-2H3. The fraction of sp³-hybridized carbons (Fsp3) is 0.100. The second kappa shape index (κ2) is 15.5. The smallest absolute Gasteiger partial charge is 0.339 e.